The number of nitrogens with one attached hydrogen (secondary N) is 2. The van der Waals surface area contributed by atoms with Crippen molar-refractivity contribution in [1.29, 1.82) is 0 Å². The van der Waals surface area contributed by atoms with Crippen molar-refractivity contribution in [3.05, 3.63) is 27.8 Å². The van der Waals surface area contributed by atoms with Gasteiger partial charge >= 0.3 is 6.09 Å². The van der Waals surface area contributed by atoms with E-state index < -0.39 is 17.7 Å². The van der Waals surface area contributed by atoms with Gasteiger partial charge in [0.1, 0.15) is 11.6 Å². The number of hydrogen-bond donors (Lipinski definition) is 2. The lowest BCUT2D eigenvalue weighted by atomic mass is 10.0. The summed E-state index contributed by atoms with van der Waals surface area (Å²) in [6.45, 7) is 9.08. The van der Waals surface area contributed by atoms with Gasteiger partial charge in [0, 0.05) is 9.26 Å². The molecule has 5 nitrogen and oxygen atoms in total. The molecule has 0 bridgehead atoms. The maximum absolute atomic E-state index is 12.4. The Morgan fingerprint density at radius 3 is 2.14 bits per heavy atom. The summed E-state index contributed by atoms with van der Waals surface area (Å²) >= 11 is 2.20. The van der Waals surface area contributed by atoms with Crippen molar-refractivity contribution in [3.8, 4) is 0 Å². The molecule has 0 spiro atoms. The SMILES string of the molecule is CC(C)C(NC(=O)OC(C)(C)C)C(=O)Nc1ccc(I)cc1. The quantitative estimate of drug-likeness (QED) is 0.732. The Morgan fingerprint density at radius 1 is 1.14 bits per heavy atom. The third-order valence-corrected chi connectivity index (χ3v) is 3.45. The van der Waals surface area contributed by atoms with Crippen molar-refractivity contribution in [3.63, 3.8) is 0 Å². The Morgan fingerprint density at radius 2 is 1.68 bits per heavy atom. The molecular formula is C16H23IN2O3. The maximum Gasteiger partial charge on any atom is 0.408 e. The number of alkyl carbamates (subject to hydrolysis) is 1. The number of carbonyl (C=O) groups is 2. The largest absolute Gasteiger partial charge is 0.444 e. The van der Waals surface area contributed by atoms with Crippen molar-refractivity contribution in [1.82, 2.24) is 5.32 Å². The molecule has 0 radical (unpaired) electrons. The first-order valence-electron chi connectivity index (χ1n) is 7.14. The molecule has 1 atom stereocenters. The Labute approximate surface area is 145 Å². The maximum atomic E-state index is 12.4. The van der Waals surface area contributed by atoms with Crippen molar-refractivity contribution in [2.45, 2.75) is 46.3 Å². The van der Waals surface area contributed by atoms with Gasteiger partial charge in [0.05, 0.1) is 0 Å². The summed E-state index contributed by atoms with van der Waals surface area (Å²) in [7, 11) is 0. The normalized spacial score (nSPS) is 12.7. The minimum atomic E-state index is -0.658. The van der Waals surface area contributed by atoms with Crippen LogP contribution in [0.5, 0.6) is 0 Å². The van der Waals surface area contributed by atoms with Gasteiger partial charge < -0.3 is 15.4 Å². The second kappa shape index (κ2) is 7.80. The number of ether oxygens (including phenoxy) is 1. The summed E-state index contributed by atoms with van der Waals surface area (Å²) in [5.74, 6) is -0.321. The van der Waals surface area contributed by atoms with Gasteiger partial charge in [-0.15, -0.1) is 0 Å². The molecule has 0 aliphatic heterocycles. The first-order valence-corrected chi connectivity index (χ1v) is 8.22. The van der Waals surface area contributed by atoms with Crippen LogP contribution in [-0.2, 0) is 9.53 Å². The fourth-order valence-electron chi connectivity index (χ4n) is 1.72. The Balaban J connectivity index is 2.71. The summed E-state index contributed by atoms with van der Waals surface area (Å²) in [4.78, 5) is 24.2. The molecule has 0 saturated carbocycles. The molecule has 0 heterocycles. The average Bonchev–Trinajstić information content (AvgIpc) is 2.36. The summed E-state index contributed by atoms with van der Waals surface area (Å²) in [5, 5.41) is 5.44. The molecule has 0 aliphatic carbocycles. The standard InChI is InChI=1S/C16H23IN2O3/c1-10(2)13(19-15(21)22-16(3,4)5)14(20)18-12-8-6-11(17)7-9-12/h6-10,13H,1-5H3,(H,18,20)(H,19,21). The van der Waals surface area contributed by atoms with Crippen molar-refractivity contribution in [2.75, 3.05) is 5.32 Å². The molecule has 1 aromatic rings. The van der Waals surface area contributed by atoms with Crippen LogP contribution in [0.2, 0.25) is 0 Å². The third-order valence-electron chi connectivity index (χ3n) is 2.73. The van der Waals surface area contributed by atoms with Gasteiger partial charge in [0.25, 0.3) is 0 Å². The van der Waals surface area contributed by atoms with Gasteiger partial charge in [-0.05, 0) is 73.5 Å². The van der Waals surface area contributed by atoms with Crippen LogP contribution in [-0.4, -0.2) is 23.6 Å². The number of rotatable bonds is 4. The second-order valence-corrected chi connectivity index (χ2v) is 7.61. The monoisotopic (exact) mass is 418 g/mol. The van der Waals surface area contributed by atoms with Crippen LogP contribution in [0, 0.1) is 9.49 Å². The molecule has 22 heavy (non-hydrogen) atoms. The fourth-order valence-corrected chi connectivity index (χ4v) is 2.08. The molecule has 0 aromatic heterocycles. The van der Waals surface area contributed by atoms with Crippen LogP contribution in [0.4, 0.5) is 10.5 Å². The minimum Gasteiger partial charge on any atom is -0.444 e. The number of amides is 2. The first-order chi connectivity index (χ1) is 10.1. The number of carbonyl (C=O) groups excluding carboxylic acids is 2. The molecule has 0 aliphatic rings. The van der Waals surface area contributed by atoms with Gasteiger partial charge in [0.2, 0.25) is 5.91 Å². The van der Waals surface area contributed by atoms with E-state index >= 15 is 0 Å². The van der Waals surface area contributed by atoms with Gasteiger partial charge in [-0.3, -0.25) is 4.79 Å². The van der Waals surface area contributed by atoms with Crippen molar-refractivity contribution >= 4 is 40.3 Å². The van der Waals surface area contributed by atoms with E-state index in [2.05, 4.69) is 33.2 Å². The van der Waals surface area contributed by atoms with E-state index in [1.165, 1.54) is 0 Å². The molecule has 2 N–H and O–H groups in total. The number of hydrogen-bond acceptors (Lipinski definition) is 3. The highest BCUT2D eigenvalue weighted by Gasteiger charge is 2.26. The van der Waals surface area contributed by atoms with Crippen LogP contribution in [0.3, 0.4) is 0 Å². The first kappa shape index (κ1) is 18.7. The van der Waals surface area contributed by atoms with E-state index in [9.17, 15) is 9.59 Å². The molecule has 0 fully saturated rings. The highest BCUT2D eigenvalue weighted by atomic mass is 127. The van der Waals surface area contributed by atoms with E-state index in [0.717, 1.165) is 3.57 Å². The Bertz CT molecular complexity index is 521. The molecule has 2 amide bonds. The van der Waals surface area contributed by atoms with Crippen molar-refractivity contribution < 1.29 is 14.3 Å². The van der Waals surface area contributed by atoms with Gasteiger partial charge in [0.15, 0.2) is 0 Å². The van der Waals surface area contributed by atoms with Gasteiger partial charge in [-0.25, -0.2) is 4.79 Å². The highest BCUT2D eigenvalue weighted by molar-refractivity contribution is 14.1. The van der Waals surface area contributed by atoms with Crippen LogP contribution in [0.25, 0.3) is 0 Å². The summed E-state index contributed by atoms with van der Waals surface area (Å²) in [6.07, 6.45) is -0.594. The van der Waals surface area contributed by atoms with Gasteiger partial charge in [-0.2, -0.15) is 0 Å². The molecule has 1 rings (SSSR count). The molecule has 1 aromatic carbocycles. The van der Waals surface area contributed by atoms with Gasteiger partial charge in [-0.1, -0.05) is 13.8 Å². The van der Waals surface area contributed by atoms with E-state index in [0.29, 0.717) is 5.69 Å². The smallest absolute Gasteiger partial charge is 0.408 e. The summed E-state index contributed by atoms with van der Waals surface area (Å²) in [6, 6.07) is 6.80. The Kier molecular flexibility index (Phi) is 6.65. The van der Waals surface area contributed by atoms with Crippen LogP contribution < -0.4 is 10.6 Å². The zero-order valence-electron chi connectivity index (χ0n) is 13.6. The van der Waals surface area contributed by atoms with E-state index in [1.807, 2.05) is 38.1 Å². The number of benzene rings is 1. The fraction of sp³-hybridized carbons (Fsp3) is 0.500. The third kappa shape index (κ3) is 6.64. The Hall–Kier alpha value is -1.31. The lowest BCUT2D eigenvalue weighted by Crippen LogP contribution is -2.48. The van der Waals surface area contributed by atoms with Crippen molar-refractivity contribution in [2.24, 2.45) is 5.92 Å². The topological polar surface area (TPSA) is 67.4 Å². The average molecular weight is 418 g/mol. The summed E-state index contributed by atoms with van der Waals surface area (Å²) < 4.78 is 6.29. The highest BCUT2D eigenvalue weighted by Crippen LogP contribution is 2.13. The second-order valence-electron chi connectivity index (χ2n) is 6.36. The molecule has 122 valence electrons. The molecule has 0 saturated heterocycles. The lowest BCUT2D eigenvalue weighted by molar-refractivity contribution is -0.119. The van der Waals surface area contributed by atoms with E-state index in [-0.39, 0.29) is 11.8 Å². The van der Waals surface area contributed by atoms with E-state index in [4.69, 9.17) is 4.74 Å². The number of anilines is 1. The molecular weight excluding hydrogens is 395 g/mol. The predicted octanol–water partition coefficient (Wildman–Crippen LogP) is 3.78. The predicted molar refractivity (Wildman–Crippen MR) is 95.8 cm³/mol. The lowest BCUT2D eigenvalue weighted by Gasteiger charge is -2.25. The zero-order chi connectivity index (χ0) is 16.9. The van der Waals surface area contributed by atoms with Crippen LogP contribution in [0.1, 0.15) is 34.6 Å². The van der Waals surface area contributed by atoms with Crippen LogP contribution in [0.15, 0.2) is 24.3 Å². The van der Waals surface area contributed by atoms with E-state index in [1.54, 1.807) is 20.8 Å². The molecule has 6 heteroatoms. The number of halogens is 1. The van der Waals surface area contributed by atoms with Crippen LogP contribution >= 0.6 is 22.6 Å². The zero-order valence-corrected chi connectivity index (χ0v) is 15.7. The summed E-state index contributed by atoms with van der Waals surface area (Å²) in [5.41, 5.74) is 0.0973. The molecule has 1 unspecified atom stereocenters. The minimum absolute atomic E-state index is 0.0589.